The molecule has 3 rings (SSSR count). The molecule has 5 heteroatoms. The molecule has 2 N–H and O–H groups in total. The number of nitrogens with one attached hydrogen (secondary N) is 1. The lowest BCUT2D eigenvalue weighted by Crippen LogP contribution is -2.46. The molecule has 21 heavy (non-hydrogen) atoms. The van der Waals surface area contributed by atoms with Crippen molar-refractivity contribution in [1.82, 2.24) is 5.32 Å². The van der Waals surface area contributed by atoms with Crippen LogP contribution in [-0.4, -0.2) is 22.5 Å². The zero-order valence-electron chi connectivity index (χ0n) is 11.6. The van der Waals surface area contributed by atoms with Gasteiger partial charge in [0.15, 0.2) is 5.76 Å². The number of amides is 1. The number of rotatable bonds is 3. The molecule has 0 radical (unpaired) electrons. The van der Waals surface area contributed by atoms with E-state index in [1.54, 1.807) is 0 Å². The second kappa shape index (κ2) is 4.77. The van der Waals surface area contributed by atoms with E-state index in [-0.39, 0.29) is 16.9 Å². The van der Waals surface area contributed by atoms with Gasteiger partial charge in [0.1, 0.15) is 6.26 Å². The zero-order chi connectivity index (χ0) is 15.0. The highest BCUT2D eigenvalue weighted by atomic mass is 16.4. The second-order valence-electron chi connectivity index (χ2n) is 5.64. The normalized spacial score (nSPS) is 15.5. The van der Waals surface area contributed by atoms with Crippen LogP contribution >= 0.6 is 0 Å². The van der Waals surface area contributed by atoms with E-state index in [1.165, 1.54) is 17.2 Å². The smallest absolute Gasteiger partial charge is 0.338 e. The number of aromatic carboxylic acids is 1. The quantitative estimate of drug-likeness (QED) is 0.906. The molecule has 1 aliphatic rings. The fraction of sp³-hybridized carbons (Fsp3) is 0.250. The van der Waals surface area contributed by atoms with E-state index in [2.05, 4.69) is 17.4 Å². The summed E-state index contributed by atoms with van der Waals surface area (Å²) in [6.45, 7) is 1.98. The van der Waals surface area contributed by atoms with Gasteiger partial charge in [-0.25, -0.2) is 4.79 Å². The fourth-order valence-electron chi connectivity index (χ4n) is 2.80. The predicted octanol–water partition coefficient (Wildman–Crippen LogP) is 2.27. The van der Waals surface area contributed by atoms with Gasteiger partial charge in [-0.1, -0.05) is 24.3 Å². The summed E-state index contributed by atoms with van der Waals surface area (Å²) < 4.78 is 5.03. The minimum absolute atomic E-state index is 0.0181. The number of hydrogen-bond donors (Lipinski definition) is 2. The molecule has 0 saturated heterocycles. The number of carboxylic acids is 1. The molecule has 1 aromatic carbocycles. The summed E-state index contributed by atoms with van der Waals surface area (Å²) in [6, 6.07) is 9.32. The molecule has 0 spiro atoms. The van der Waals surface area contributed by atoms with E-state index in [9.17, 15) is 9.59 Å². The number of carbonyl (C=O) groups excluding carboxylic acids is 1. The number of carbonyl (C=O) groups is 2. The maximum absolute atomic E-state index is 12.2. The van der Waals surface area contributed by atoms with Crippen molar-refractivity contribution < 1.29 is 19.1 Å². The van der Waals surface area contributed by atoms with Crippen LogP contribution in [0.5, 0.6) is 0 Å². The lowest BCUT2D eigenvalue weighted by Gasteiger charge is -2.24. The maximum atomic E-state index is 12.2. The standard InChI is InChI=1S/C16H15NO4/c1-16(7-10-4-2-3-5-11(10)8-16)17-14(18)13-6-12(9-21-13)15(19)20/h2-6,9H,7-8H2,1H3,(H,17,18)(H,19,20). The Bertz CT molecular complexity index is 692. The van der Waals surface area contributed by atoms with Crippen LogP contribution in [0.4, 0.5) is 0 Å². The van der Waals surface area contributed by atoms with E-state index < -0.39 is 11.9 Å². The third-order valence-electron chi connectivity index (χ3n) is 3.77. The molecular formula is C16H15NO4. The number of hydrogen-bond acceptors (Lipinski definition) is 3. The first-order chi connectivity index (χ1) is 9.97. The van der Waals surface area contributed by atoms with Gasteiger partial charge in [-0.15, -0.1) is 0 Å². The van der Waals surface area contributed by atoms with Gasteiger partial charge in [-0.05, 0) is 30.9 Å². The van der Waals surface area contributed by atoms with Gasteiger partial charge in [-0.2, -0.15) is 0 Å². The molecule has 108 valence electrons. The Morgan fingerprint density at radius 2 is 1.86 bits per heavy atom. The zero-order valence-corrected chi connectivity index (χ0v) is 11.6. The summed E-state index contributed by atoms with van der Waals surface area (Å²) in [7, 11) is 0. The number of fused-ring (bicyclic) bond motifs is 1. The number of benzene rings is 1. The van der Waals surface area contributed by atoms with E-state index in [4.69, 9.17) is 9.52 Å². The highest BCUT2D eigenvalue weighted by molar-refractivity contribution is 5.95. The van der Waals surface area contributed by atoms with Gasteiger partial charge >= 0.3 is 5.97 Å². The van der Waals surface area contributed by atoms with E-state index >= 15 is 0 Å². The highest BCUT2D eigenvalue weighted by Gasteiger charge is 2.34. The molecule has 0 fully saturated rings. The van der Waals surface area contributed by atoms with E-state index in [0.29, 0.717) is 0 Å². The molecule has 0 bridgehead atoms. The van der Waals surface area contributed by atoms with Gasteiger partial charge in [0.2, 0.25) is 0 Å². The van der Waals surface area contributed by atoms with Gasteiger partial charge in [0.05, 0.1) is 5.56 Å². The fourth-order valence-corrected chi connectivity index (χ4v) is 2.80. The summed E-state index contributed by atoms with van der Waals surface area (Å²) in [4.78, 5) is 23.0. The van der Waals surface area contributed by atoms with Crippen molar-refractivity contribution in [1.29, 1.82) is 0 Å². The Labute approximate surface area is 121 Å². The van der Waals surface area contributed by atoms with Crippen molar-refractivity contribution in [2.75, 3.05) is 0 Å². The molecule has 1 aromatic heterocycles. The summed E-state index contributed by atoms with van der Waals surface area (Å²) in [5.74, 6) is -1.49. The van der Waals surface area contributed by atoms with Crippen molar-refractivity contribution >= 4 is 11.9 Å². The Hall–Kier alpha value is -2.56. The van der Waals surface area contributed by atoms with Crippen molar-refractivity contribution in [3.05, 3.63) is 59.0 Å². The van der Waals surface area contributed by atoms with E-state index in [0.717, 1.165) is 19.1 Å². The molecule has 0 aliphatic heterocycles. The Morgan fingerprint density at radius 3 is 2.38 bits per heavy atom. The maximum Gasteiger partial charge on any atom is 0.338 e. The predicted molar refractivity (Wildman–Crippen MR) is 75.4 cm³/mol. The Kier molecular flexibility index (Phi) is 3.05. The second-order valence-corrected chi connectivity index (χ2v) is 5.64. The summed E-state index contributed by atoms with van der Waals surface area (Å²) in [5, 5.41) is 11.8. The Balaban J connectivity index is 1.75. The average Bonchev–Trinajstić information content (AvgIpc) is 3.01. The van der Waals surface area contributed by atoms with Crippen LogP contribution in [0.25, 0.3) is 0 Å². The van der Waals surface area contributed by atoms with Crippen LogP contribution < -0.4 is 5.32 Å². The monoisotopic (exact) mass is 285 g/mol. The van der Waals surface area contributed by atoms with Gasteiger partial charge in [0, 0.05) is 11.6 Å². The number of carboxylic acid groups (broad SMARTS) is 1. The lowest BCUT2D eigenvalue weighted by atomic mass is 9.98. The lowest BCUT2D eigenvalue weighted by molar-refractivity contribution is 0.0695. The largest absolute Gasteiger partial charge is 0.478 e. The average molecular weight is 285 g/mol. The molecule has 0 unspecified atom stereocenters. The van der Waals surface area contributed by atoms with Gasteiger partial charge in [-0.3, -0.25) is 4.79 Å². The Morgan fingerprint density at radius 1 is 1.24 bits per heavy atom. The van der Waals surface area contributed by atoms with Crippen molar-refractivity contribution in [3.8, 4) is 0 Å². The van der Waals surface area contributed by atoms with Gasteiger partial charge < -0.3 is 14.8 Å². The van der Waals surface area contributed by atoms with Gasteiger partial charge in [0.25, 0.3) is 5.91 Å². The van der Waals surface area contributed by atoms with Crippen LogP contribution in [0.2, 0.25) is 0 Å². The summed E-state index contributed by atoms with van der Waals surface area (Å²) >= 11 is 0. The van der Waals surface area contributed by atoms with Crippen LogP contribution in [0.15, 0.2) is 41.0 Å². The van der Waals surface area contributed by atoms with Crippen molar-refractivity contribution in [2.24, 2.45) is 0 Å². The first-order valence-corrected chi connectivity index (χ1v) is 6.68. The minimum Gasteiger partial charge on any atom is -0.478 e. The summed E-state index contributed by atoms with van der Waals surface area (Å²) in [6.07, 6.45) is 2.58. The molecule has 0 atom stereocenters. The van der Waals surface area contributed by atoms with Crippen LogP contribution in [0, 0.1) is 0 Å². The molecule has 1 amide bonds. The van der Waals surface area contributed by atoms with Crippen LogP contribution in [0.1, 0.15) is 39.0 Å². The number of furan rings is 1. The van der Waals surface area contributed by atoms with Crippen molar-refractivity contribution in [3.63, 3.8) is 0 Å². The first kappa shape index (κ1) is 13.4. The van der Waals surface area contributed by atoms with Crippen LogP contribution in [-0.2, 0) is 12.8 Å². The third kappa shape index (κ3) is 2.54. The van der Waals surface area contributed by atoms with Crippen molar-refractivity contribution in [2.45, 2.75) is 25.3 Å². The first-order valence-electron chi connectivity index (χ1n) is 6.68. The SMILES string of the molecule is CC1(NC(=O)c2cc(C(=O)O)co2)Cc2ccccc2C1. The third-order valence-corrected chi connectivity index (χ3v) is 3.77. The molecule has 1 heterocycles. The topological polar surface area (TPSA) is 79.5 Å². The van der Waals surface area contributed by atoms with Crippen LogP contribution in [0.3, 0.4) is 0 Å². The summed E-state index contributed by atoms with van der Waals surface area (Å²) in [5.41, 5.74) is 2.05. The molecular weight excluding hydrogens is 270 g/mol. The van der Waals surface area contributed by atoms with E-state index in [1.807, 2.05) is 19.1 Å². The highest BCUT2D eigenvalue weighted by Crippen LogP contribution is 2.29. The molecule has 2 aromatic rings. The minimum atomic E-state index is -1.11. The molecule has 1 aliphatic carbocycles. The molecule has 5 nitrogen and oxygen atoms in total. The molecule has 0 saturated carbocycles.